The second kappa shape index (κ2) is 4.25. The van der Waals surface area contributed by atoms with E-state index in [1.54, 1.807) is 0 Å². The Morgan fingerprint density at radius 3 is 3.19 bits per heavy atom. The molecule has 1 aromatic rings. The third-order valence-corrected chi connectivity index (χ3v) is 3.31. The number of hydrogen-bond donors (Lipinski definition) is 3. The van der Waals surface area contributed by atoms with Crippen molar-refractivity contribution in [3.8, 4) is 6.07 Å². The van der Waals surface area contributed by atoms with Crippen LogP contribution in [0.2, 0.25) is 0 Å². The number of ether oxygens (including phenoxy) is 1. The number of nitrogens with two attached hydrogens (primary N) is 1. The van der Waals surface area contributed by atoms with E-state index < -0.39 is 5.60 Å². The maximum absolute atomic E-state index is 10.0. The molecule has 0 aromatic carbocycles. The zero-order valence-corrected chi connectivity index (χ0v) is 9.38. The number of hydrogen-bond acceptors (Lipinski definition) is 7. The molecule has 0 bridgehead atoms. The minimum atomic E-state index is -0.856. The van der Waals surface area contributed by atoms with Crippen LogP contribution in [-0.4, -0.2) is 34.8 Å². The topological polar surface area (TPSA) is 104 Å². The zero-order chi connectivity index (χ0) is 11.6. The number of aliphatic hydroxyl groups is 1. The van der Waals surface area contributed by atoms with Crippen LogP contribution in [0.4, 0.5) is 10.8 Å². The Bertz CT molecular complexity index is 420. The van der Waals surface area contributed by atoms with Gasteiger partial charge in [0.1, 0.15) is 22.2 Å². The highest BCUT2D eigenvalue weighted by atomic mass is 32.1. The Balaban J connectivity index is 2.02. The molecule has 1 unspecified atom stereocenters. The van der Waals surface area contributed by atoms with E-state index in [4.69, 9.17) is 15.7 Å². The van der Waals surface area contributed by atoms with Gasteiger partial charge in [0.15, 0.2) is 5.82 Å². The highest BCUT2D eigenvalue weighted by Crippen LogP contribution is 2.27. The predicted molar refractivity (Wildman–Crippen MR) is 60.1 cm³/mol. The van der Waals surface area contributed by atoms with E-state index in [2.05, 4.69) is 9.69 Å². The van der Waals surface area contributed by atoms with E-state index in [9.17, 15) is 5.11 Å². The first-order valence-corrected chi connectivity index (χ1v) is 5.61. The molecule has 4 N–H and O–H groups in total. The lowest BCUT2D eigenvalue weighted by atomic mass is 10.0. The maximum atomic E-state index is 10.0. The van der Waals surface area contributed by atoms with Crippen molar-refractivity contribution in [3.05, 3.63) is 5.56 Å². The largest absolute Gasteiger partial charge is 0.386 e. The van der Waals surface area contributed by atoms with Crippen LogP contribution in [0.25, 0.3) is 0 Å². The summed E-state index contributed by atoms with van der Waals surface area (Å²) in [5.74, 6) is 0.227. The zero-order valence-electron chi connectivity index (χ0n) is 8.56. The van der Waals surface area contributed by atoms with Crippen LogP contribution in [0, 0.1) is 11.3 Å². The van der Waals surface area contributed by atoms with Crippen molar-refractivity contribution in [2.24, 2.45) is 0 Å². The van der Waals surface area contributed by atoms with Gasteiger partial charge in [0.05, 0.1) is 6.61 Å². The fourth-order valence-electron chi connectivity index (χ4n) is 1.51. The SMILES string of the molecule is N#Cc1c(N)nsc1NCC1(O)CCOC1. The summed E-state index contributed by atoms with van der Waals surface area (Å²) in [5.41, 5.74) is 5.00. The van der Waals surface area contributed by atoms with Crippen molar-refractivity contribution in [3.63, 3.8) is 0 Å². The van der Waals surface area contributed by atoms with E-state index in [0.717, 1.165) is 11.5 Å². The van der Waals surface area contributed by atoms with Gasteiger partial charge in [0.25, 0.3) is 0 Å². The van der Waals surface area contributed by atoms with Crippen molar-refractivity contribution in [2.75, 3.05) is 30.8 Å². The van der Waals surface area contributed by atoms with Crippen LogP contribution < -0.4 is 11.1 Å². The molecule has 0 radical (unpaired) electrons. The lowest BCUT2D eigenvalue weighted by molar-refractivity contribution is 0.0382. The van der Waals surface area contributed by atoms with Crippen LogP contribution in [0.1, 0.15) is 12.0 Å². The Labute approximate surface area is 96.8 Å². The van der Waals surface area contributed by atoms with Gasteiger partial charge in [-0.25, -0.2) is 0 Å². The minimum Gasteiger partial charge on any atom is -0.386 e. The van der Waals surface area contributed by atoms with Crippen LogP contribution in [0.15, 0.2) is 0 Å². The van der Waals surface area contributed by atoms with Crippen molar-refractivity contribution >= 4 is 22.4 Å². The van der Waals surface area contributed by atoms with E-state index in [0.29, 0.717) is 36.7 Å². The minimum absolute atomic E-state index is 0.227. The molecule has 0 aliphatic carbocycles. The van der Waals surface area contributed by atoms with Crippen LogP contribution in [0.5, 0.6) is 0 Å². The van der Waals surface area contributed by atoms with Gasteiger partial charge in [-0.1, -0.05) is 0 Å². The lowest BCUT2D eigenvalue weighted by Gasteiger charge is -2.20. The summed E-state index contributed by atoms with van der Waals surface area (Å²) in [7, 11) is 0. The number of anilines is 2. The highest BCUT2D eigenvalue weighted by Gasteiger charge is 2.32. The molecule has 6 nitrogen and oxygen atoms in total. The molecule has 0 spiro atoms. The molecule has 0 amide bonds. The van der Waals surface area contributed by atoms with Crippen LogP contribution >= 0.6 is 11.5 Å². The molecule has 2 heterocycles. The van der Waals surface area contributed by atoms with Gasteiger partial charge in [-0.15, -0.1) is 0 Å². The normalized spacial score (nSPS) is 24.2. The Morgan fingerprint density at radius 1 is 1.75 bits per heavy atom. The second-order valence-electron chi connectivity index (χ2n) is 3.76. The van der Waals surface area contributed by atoms with Crippen LogP contribution in [0.3, 0.4) is 0 Å². The molecule has 1 aliphatic heterocycles. The van der Waals surface area contributed by atoms with E-state index in [1.165, 1.54) is 0 Å². The third-order valence-electron chi connectivity index (χ3n) is 2.49. The summed E-state index contributed by atoms with van der Waals surface area (Å²) >= 11 is 1.12. The Kier molecular flexibility index (Phi) is 2.96. The summed E-state index contributed by atoms with van der Waals surface area (Å²) in [6.07, 6.45) is 0.593. The van der Waals surface area contributed by atoms with Gasteiger partial charge in [-0.2, -0.15) is 9.64 Å². The smallest absolute Gasteiger partial charge is 0.157 e. The average Bonchev–Trinajstić information content (AvgIpc) is 2.83. The molecule has 16 heavy (non-hydrogen) atoms. The first-order chi connectivity index (χ1) is 7.64. The molecule has 2 rings (SSSR count). The molecule has 0 saturated carbocycles. The summed E-state index contributed by atoms with van der Waals surface area (Å²) in [5, 5.41) is 22.4. The first-order valence-electron chi connectivity index (χ1n) is 4.84. The van der Waals surface area contributed by atoms with E-state index >= 15 is 0 Å². The number of aromatic nitrogens is 1. The Hall–Kier alpha value is -1.36. The summed E-state index contributed by atoms with van der Waals surface area (Å²) in [4.78, 5) is 0. The molecular weight excluding hydrogens is 228 g/mol. The number of nitriles is 1. The lowest BCUT2D eigenvalue weighted by Crippen LogP contribution is -2.37. The molecule has 1 atom stereocenters. The summed E-state index contributed by atoms with van der Waals surface area (Å²) in [6, 6.07) is 1.98. The summed E-state index contributed by atoms with van der Waals surface area (Å²) in [6.45, 7) is 1.22. The monoisotopic (exact) mass is 240 g/mol. The first kappa shape index (κ1) is 11.1. The third kappa shape index (κ3) is 2.09. The van der Waals surface area contributed by atoms with E-state index in [1.807, 2.05) is 6.07 Å². The second-order valence-corrected chi connectivity index (χ2v) is 4.54. The molecule has 86 valence electrons. The fraction of sp³-hybridized carbons (Fsp3) is 0.556. The number of nitrogens with one attached hydrogen (secondary N) is 1. The summed E-state index contributed by atoms with van der Waals surface area (Å²) < 4.78 is 9.00. The predicted octanol–water partition coefficient (Wildman–Crippen LogP) is 0.160. The van der Waals surface area contributed by atoms with Crippen molar-refractivity contribution < 1.29 is 9.84 Å². The highest BCUT2D eigenvalue weighted by molar-refractivity contribution is 7.10. The molecule has 1 aromatic heterocycles. The van der Waals surface area contributed by atoms with E-state index in [-0.39, 0.29) is 5.82 Å². The number of nitrogens with zero attached hydrogens (tertiary/aromatic N) is 2. The quantitative estimate of drug-likeness (QED) is 0.695. The molecular formula is C9H12N4O2S. The fourth-order valence-corrected chi connectivity index (χ4v) is 2.17. The van der Waals surface area contributed by atoms with Crippen molar-refractivity contribution in [2.45, 2.75) is 12.0 Å². The average molecular weight is 240 g/mol. The standard InChI is InChI=1S/C9H12N4O2S/c10-3-6-7(11)13-16-8(6)12-4-9(14)1-2-15-5-9/h12,14H,1-2,4-5H2,(H2,11,13). The molecule has 1 fully saturated rings. The molecule has 7 heteroatoms. The van der Waals surface area contributed by atoms with Gasteiger partial charge < -0.3 is 20.9 Å². The van der Waals surface area contributed by atoms with Crippen molar-refractivity contribution in [1.82, 2.24) is 4.37 Å². The van der Waals surface area contributed by atoms with Gasteiger partial charge in [-0.05, 0) is 11.5 Å². The van der Waals surface area contributed by atoms with Gasteiger partial charge in [-0.3, -0.25) is 0 Å². The van der Waals surface area contributed by atoms with Gasteiger partial charge in [0.2, 0.25) is 0 Å². The van der Waals surface area contributed by atoms with Crippen LogP contribution in [-0.2, 0) is 4.74 Å². The Morgan fingerprint density at radius 2 is 2.56 bits per heavy atom. The van der Waals surface area contributed by atoms with Gasteiger partial charge >= 0.3 is 0 Å². The maximum Gasteiger partial charge on any atom is 0.157 e. The number of rotatable bonds is 3. The molecule has 1 aliphatic rings. The molecule has 1 saturated heterocycles. The number of nitrogen functional groups attached to an aromatic ring is 1. The van der Waals surface area contributed by atoms with Gasteiger partial charge in [0, 0.05) is 19.6 Å². The van der Waals surface area contributed by atoms with Crippen molar-refractivity contribution in [1.29, 1.82) is 5.26 Å².